The molecule has 33 heavy (non-hydrogen) atoms. The molecule has 0 saturated carbocycles. The average Bonchev–Trinajstić information content (AvgIpc) is 3.13. The van der Waals surface area contributed by atoms with E-state index < -0.39 is 11.5 Å². The largest absolute Gasteiger partial charge is 0.477 e. The molecule has 3 heterocycles. The molecule has 5 rings (SSSR count). The first-order chi connectivity index (χ1) is 15.9. The number of rotatable bonds is 5. The van der Waals surface area contributed by atoms with Crippen LogP contribution in [0.5, 0.6) is 0 Å². The first-order valence-corrected chi connectivity index (χ1v) is 11.3. The minimum atomic E-state index is -1.21. The van der Waals surface area contributed by atoms with Gasteiger partial charge in [-0.2, -0.15) is 0 Å². The second-order valence-electron chi connectivity index (χ2n) is 8.77. The van der Waals surface area contributed by atoms with Gasteiger partial charge in [0.15, 0.2) is 0 Å². The summed E-state index contributed by atoms with van der Waals surface area (Å²) in [6.07, 6.45) is 1.70. The predicted molar refractivity (Wildman–Crippen MR) is 130 cm³/mol. The fourth-order valence-corrected chi connectivity index (χ4v) is 4.90. The molecule has 2 aromatic heterocycles. The molecule has 0 aliphatic carbocycles. The quantitative estimate of drug-likeness (QED) is 0.483. The van der Waals surface area contributed by atoms with Crippen LogP contribution in [0.4, 0.5) is 0 Å². The number of aromatic nitrogens is 2. The Morgan fingerprint density at radius 1 is 1.09 bits per heavy atom. The van der Waals surface area contributed by atoms with Crippen molar-refractivity contribution in [2.45, 2.75) is 32.9 Å². The van der Waals surface area contributed by atoms with Gasteiger partial charge in [-0.15, -0.1) is 0 Å². The highest BCUT2D eigenvalue weighted by atomic mass is 16.4. The summed E-state index contributed by atoms with van der Waals surface area (Å²) < 4.78 is 2.23. The Morgan fingerprint density at radius 3 is 2.64 bits per heavy atom. The molecule has 0 spiro atoms. The van der Waals surface area contributed by atoms with Gasteiger partial charge < -0.3 is 14.7 Å². The zero-order valence-electron chi connectivity index (χ0n) is 18.9. The molecule has 2 aromatic carbocycles. The van der Waals surface area contributed by atoms with Gasteiger partial charge in [0.05, 0.1) is 5.69 Å². The lowest BCUT2D eigenvalue weighted by Gasteiger charge is -2.28. The Kier molecular flexibility index (Phi) is 5.38. The van der Waals surface area contributed by atoms with E-state index in [2.05, 4.69) is 64.0 Å². The van der Waals surface area contributed by atoms with E-state index in [1.54, 1.807) is 0 Å². The molecule has 4 aromatic rings. The van der Waals surface area contributed by atoms with Crippen LogP contribution in [0.3, 0.4) is 0 Å². The molecule has 2 N–H and O–H groups in total. The van der Waals surface area contributed by atoms with Crippen LogP contribution in [0.25, 0.3) is 22.2 Å². The standard InChI is InChI=1S/C27H27N3O3/c1-3-17-14-23(27(32)33)26(31)28-25(17)19-8-9-24-21(12-19)13-22(29(24)2)16-30-11-10-18-6-4-5-7-20(18)15-30/h4-9,12-14H,3,10-11,15-16H2,1-2H3,(H,28,31)(H,32,33). The smallest absolute Gasteiger partial charge is 0.341 e. The summed E-state index contributed by atoms with van der Waals surface area (Å²) in [5.41, 5.74) is 6.83. The van der Waals surface area contributed by atoms with Crippen LogP contribution in [-0.2, 0) is 33.0 Å². The van der Waals surface area contributed by atoms with Crippen molar-refractivity contribution < 1.29 is 9.90 Å². The number of aromatic carboxylic acids is 1. The van der Waals surface area contributed by atoms with Crippen molar-refractivity contribution in [3.05, 3.63) is 92.9 Å². The van der Waals surface area contributed by atoms with Crippen molar-refractivity contribution in [3.8, 4) is 11.3 Å². The molecule has 6 nitrogen and oxygen atoms in total. The Bertz CT molecular complexity index is 1430. The molecule has 0 fully saturated rings. The predicted octanol–water partition coefficient (Wildman–Crippen LogP) is 4.35. The molecule has 0 radical (unpaired) electrons. The molecular formula is C27H27N3O3. The normalized spacial score (nSPS) is 13.9. The number of H-pyrrole nitrogens is 1. The highest BCUT2D eigenvalue weighted by Gasteiger charge is 2.19. The number of aryl methyl sites for hydroxylation is 2. The van der Waals surface area contributed by atoms with Gasteiger partial charge in [0, 0.05) is 43.3 Å². The highest BCUT2D eigenvalue weighted by Crippen LogP contribution is 2.29. The SMILES string of the molecule is CCc1cc(C(=O)O)c(=O)[nH]c1-c1ccc2c(c1)cc(CN1CCc3ccccc3C1)n2C. The van der Waals surface area contributed by atoms with Crippen LogP contribution in [0.2, 0.25) is 0 Å². The molecule has 1 aliphatic heterocycles. The summed E-state index contributed by atoms with van der Waals surface area (Å²) in [4.78, 5) is 28.9. The van der Waals surface area contributed by atoms with Gasteiger partial charge in [0.1, 0.15) is 5.56 Å². The third-order valence-electron chi connectivity index (χ3n) is 6.76. The van der Waals surface area contributed by atoms with Gasteiger partial charge in [0.2, 0.25) is 0 Å². The molecule has 1 aliphatic rings. The van der Waals surface area contributed by atoms with Crippen molar-refractivity contribution in [2.24, 2.45) is 7.05 Å². The average molecular weight is 442 g/mol. The summed E-state index contributed by atoms with van der Waals surface area (Å²) in [5, 5.41) is 10.4. The molecule has 0 saturated heterocycles. The minimum Gasteiger partial charge on any atom is -0.477 e. The molecule has 0 atom stereocenters. The fraction of sp³-hybridized carbons (Fsp3) is 0.259. The van der Waals surface area contributed by atoms with E-state index in [0.717, 1.165) is 48.1 Å². The topological polar surface area (TPSA) is 78.3 Å². The Morgan fingerprint density at radius 2 is 1.88 bits per heavy atom. The lowest BCUT2D eigenvalue weighted by atomic mass is 10.00. The fourth-order valence-electron chi connectivity index (χ4n) is 4.90. The van der Waals surface area contributed by atoms with E-state index in [1.165, 1.54) is 22.9 Å². The van der Waals surface area contributed by atoms with Crippen molar-refractivity contribution in [1.29, 1.82) is 0 Å². The number of pyridine rings is 1. The Labute approximate surface area is 192 Å². The first kappa shape index (κ1) is 21.2. The third-order valence-corrected chi connectivity index (χ3v) is 6.76. The molecule has 0 bridgehead atoms. The number of carboxylic acids is 1. The van der Waals surface area contributed by atoms with E-state index in [9.17, 15) is 14.7 Å². The number of fused-ring (bicyclic) bond motifs is 2. The van der Waals surface area contributed by atoms with E-state index in [1.807, 2.05) is 13.0 Å². The maximum absolute atomic E-state index is 12.3. The van der Waals surface area contributed by atoms with Gasteiger partial charge in [-0.1, -0.05) is 37.3 Å². The maximum atomic E-state index is 12.3. The van der Waals surface area contributed by atoms with E-state index in [0.29, 0.717) is 12.1 Å². The minimum absolute atomic E-state index is 0.221. The summed E-state index contributed by atoms with van der Waals surface area (Å²) in [6, 6.07) is 18.5. The second kappa shape index (κ2) is 8.37. The molecule has 168 valence electrons. The summed E-state index contributed by atoms with van der Waals surface area (Å²) >= 11 is 0. The Hall–Kier alpha value is -3.64. The van der Waals surface area contributed by atoms with Gasteiger partial charge >= 0.3 is 5.97 Å². The van der Waals surface area contributed by atoms with Crippen molar-refractivity contribution >= 4 is 16.9 Å². The summed E-state index contributed by atoms with van der Waals surface area (Å²) in [7, 11) is 2.09. The number of hydrogen-bond donors (Lipinski definition) is 2. The Balaban J connectivity index is 1.47. The number of nitrogens with one attached hydrogen (secondary N) is 1. The van der Waals surface area contributed by atoms with Crippen LogP contribution in [0, 0.1) is 0 Å². The van der Waals surface area contributed by atoms with Gasteiger partial charge in [-0.25, -0.2) is 4.79 Å². The van der Waals surface area contributed by atoms with Gasteiger partial charge in [-0.3, -0.25) is 9.69 Å². The van der Waals surface area contributed by atoms with Crippen LogP contribution in [0.15, 0.2) is 59.4 Å². The second-order valence-corrected chi connectivity index (χ2v) is 8.77. The molecule has 0 unspecified atom stereocenters. The number of hydrogen-bond acceptors (Lipinski definition) is 3. The number of carboxylic acid groups (broad SMARTS) is 1. The summed E-state index contributed by atoms with van der Waals surface area (Å²) in [6.45, 7) is 4.83. The van der Waals surface area contributed by atoms with Gasteiger partial charge in [0.25, 0.3) is 5.56 Å². The zero-order valence-corrected chi connectivity index (χ0v) is 18.9. The van der Waals surface area contributed by atoms with Crippen LogP contribution < -0.4 is 5.56 Å². The molecular weight excluding hydrogens is 414 g/mol. The van der Waals surface area contributed by atoms with Crippen LogP contribution in [-0.4, -0.2) is 32.1 Å². The van der Waals surface area contributed by atoms with Crippen molar-refractivity contribution in [2.75, 3.05) is 6.54 Å². The summed E-state index contributed by atoms with van der Waals surface area (Å²) in [5.74, 6) is -1.21. The van der Waals surface area contributed by atoms with E-state index in [4.69, 9.17) is 0 Å². The third kappa shape index (κ3) is 3.87. The lowest BCUT2D eigenvalue weighted by molar-refractivity contribution is 0.0695. The monoisotopic (exact) mass is 441 g/mol. The van der Waals surface area contributed by atoms with Crippen LogP contribution in [0.1, 0.15) is 39.7 Å². The molecule has 6 heteroatoms. The van der Waals surface area contributed by atoms with E-state index in [-0.39, 0.29) is 5.56 Å². The lowest BCUT2D eigenvalue weighted by Crippen LogP contribution is -2.30. The van der Waals surface area contributed by atoms with Crippen molar-refractivity contribution in [1.82, 2.24) is 14.5 Å². The maximum Gasteiger partial charge on any atom is 0.341 e. The first-order valence-electron chi connectivity index (χ1n) is 11.3. The van der Waals surface area contributed by atoms with Crippen LogP contribution >= 0.6 is 0 Å². The molecule has 0 amide bonds. The van der Waals surface area contributed by atoms with E-state index >= 15 is 0 Å². The van der Waals surface area contributed by atoms with Gasteiger partial charge in [-0.05, 0) is 59.4 Å². The number of benzene rings is 2. The highest BCUT2D eigenvalue weighted by molar-refractivity contribution is 5.89. The number of carbonyl (C=O) groups is 1. The zero-order chi connectivity index (χ0) is 23.1. The number of aromatic amines is 1. The van der Waals surface area contributed by atoms with Crippen molar-refractivity contribution in [3.63, 3.8) is 0 Å². The number of nitrogens with zero attached hydrogens (tertiary/aromatic N) is 2.